The van der Waals surface area contributed by atoms with Gasteiger partial charge in [0.1, 0.15) is 0 Å². The third kappa shape index (κ3) is 21.6. The molecule has 0 N–H and O–H groups in total. The van der Waals surface area contributed by atoms with Crippen LogP contribution in [-0.2, 0) is 9.53 Å². The van der Waals surface area contributed by atoms with Gasteiger partial charge in [-0.3, -0.25) is 0 Å². The zero-order chi connectivity index (χ0) is 20.2. The van der Waals surface area contributed by atoms with Crippen molar-refractivity contribution in [1.82, 2.24) is 0 Å². The molecular weight excluding hydrogens is 414 g/mol. The van der Waals surface area contributed by atoms with E-state index in [1.54, 1.807) is 0 Å². The van der Waals surface area contributed by atoms with E-state index in [1.165, 1.54) is 51.0 Å². The van der Waals surface area contributed by atoms with Gasteiger partial charge < -0.3 is 4.74 Å². The predicted molar refractivity (Wildman–Crippen MR) is 122 cm³/mol. The molecule has 0 aliphatic carbocycles. The average molecular weight is 452 g/mol. The first kappa shape index (κ1) is 30.3. The van der Waals surface area contributed by atoms with Crippen molar-refractivity contribution in [1.29, 1.82) is 0 Å². The number of halogens is 3. The van der Waals surface area contributed by atoms with E-state index in [2.05, 4.69) is 32.4 Å². The molecule has 0 saturated heterocycles. The summed E-state index contributed by atoms with van der Waals surface area (Å²) >= 11 is 16.3. The summed E-state index contributed by atoms with van der Waals surface area (Å²) in [5, 5.41) is 0. The van der Waals surface area contributed by atoms with Crippen LogP contribution in [0.1, 0.15) is 92.4 Å². The monoisotopic (exact) mass is 450 g/mol. The maximum absolute atomic E-state index is 11.5. The molecule has 0 radical (unpaired) electrons. The van der Waals surface area contributed by atoms with E-state index in [4.69, 9.17) is 34.8 Å². The summed E-state index contributed by atoms with van der Waals surface area (Å²) in [6.45, 7) is 11.2. The zero-order valence-electron chi connectivity index (χ0n) is 17.1. The molecule has 0 rings (SSSR count). The van der Waals surface area contributed by atoms with Gasteiger partial charge >= 0.3 is 39.5 Å². The van der Waals surface area contributed by atoms with Crippen LogP contribution in [0.2, 0.25) is 0 Å². The fourth-order valence-electron chi connectivity index (χ4n) is 3.12. The molecule has 0 amide bonds. The normalized spacial score (nSPS) is 14.6. The number of carbonyl (C=O) groups excluding carboxylic acids is 1. The van der Waals surface area contributed by atoms with Gasteiger partial charge in [-0.15, -0.1) is 0 Å². The van der Waals surface area contributed by atoms with Crippen LogP contribution in [0.3, 0.4) is 0 Å². The molecule has 27 heavy (non-hydrogen) atoms. The number of carbonyl (C=O) groups is 1. The second kappa shape index (κ2) is 16.8. The Morgan fingerprint density at radius 2 is 1.33 bits per heavy atom. The van der Waals surface area contributed by atoms with Gasteiger partial charge in [-0.1, -0.05) is 78.2 Å². The van der Waals surface area contributed by atoms with E-state index < -0.39 is 9.95 Å². The number of alkyl halides is 3. The van der Waals surface area contributed by atoms with Crippen molar-refractivity contribution in [2.45, 2.75) is 96.4 Å². The van der Waals surface area contributed by atoms with E-state index in [0.717, 1.165) is 36.2 Å². The maximum atomic E-state index is 11.5. The van der Waals surface area contributed by atoms with Gasteiger partial charge in [0.25, 0.3) is 0 Å². The van der Waals surface area contributed by atoms with E-state index >= 15 is 0 Å². The Labute approximate surface area is 204 Å². The van der Waals surface area contributed by atoms with E-state index in [0.29, 0.717) is 0 Å². The fraction of sp³-hybridized carbons (Fsp3) is 0.857. The third-order valence-corrected chi connectivity index (χ3v) is 4.95. The summed E-state index contributed by atoms with van der Waals surface area (Å²) in [6, 6.07) is 0. The van der Waals surface area contributed by atoms with Crippen LogP contribution in [0, 0.1) is 17.8 Å². The van der Waals surface area contributed by atoms with Crippen molar-refractivity contribution in [3.63, 3.8) is 0 Å². The van der Waals surface area contributed by atoms with E-state index in [9.17, 15) is 4.79 Å². The van der Waals surface area contributed by atoms with Crippen LogP contribution in [0.25, 0.3) is 0 Å². The van der Waals surface area contributed by atoms with Crippen LogP contribution < -0.4 is 0 Å². The molecule has 0 aromatic carbocycles. The van der Waals surface area contributed by atoms with Crippen molar-refractivity contribution in [3.05, 3.63) is 11.6 Å². The van der Waals surface area contributed by atoms with Crippen molar-refractivity contribution in [3.8, 4) is 0 Å². The van der Waals surface area contributed by atoms with Gasteiger partial charge in [0.05, 0.1) is 0 Å². The molecule has 6 heteroatoms. The molecule has 0 saturated carbocycles. The van der Waals surface area contributed by atoms with Crippen molar-refractivity contribution >= 4 is 70.3 Å². The van der Waals surface area contributed by atoms with E-state index in [1.807, 2.05) is 6.92 Å². The Morgan fingerprint density at radius 3 is 1.78 bits per heavy atom. The summed E-state index contributed by atoms with van der Waals surface area (Å²) in [7, 11) is 0. The Hall–Kier alpha value is 1.08. The molecule has 2 atom stereocenters. The molecule has 0 aliphatic heterocycles. The van der Waals surface area contributed by atoms with Crippen molar-refractivity contribution in [2.24, 2.45) is 17.8 Å². The first-order valence-corrected chi connectivity index (χ1v) is 11.1. The standard InChI is InChI=1S/C21H37Cl3O2.Na.H/c1-16(2)9-6-10-17(3)11-7-12-18(4)13-8-14-19(5)15-20(25)26-21(22,23)24;;/h15-18H,6-14H2,1-5H3;;/b19-15+;;/t17-,18-;;/m1../s1. The number of esters is 1. The van der Waals surface area contributed by atoms with Crippen LogP contribution in [0.4, 0.5) is 0 Å². The molecule has 2 nitrogen and oxygen atoms in total. The van der Waals surface area contributed by atoms with Crippen LogP contribution in [-0.4, -0.2) is 39.5 Å². The minimum atomic E-state index is -1.99. The Bertz CT molecular complexity index is 420. The first-order valence-electron chi connectivity index (χ1n) is 9.96. The molecular formula is C21H38Cl3NaO2. The van der Waals surface area contributed by atoms with Crippen molar-refractivity contribution < 1.29 is 9.53 Å². The minimum absolute atomic E-state index is 0. The summed E-state index contributed by atoms with van der Waals surface area (Å²) in [4.78, 5) is 11.5. The van der Waals surface area contributed by atoms with Crippen LogP contribution in [0.15, 0.2) is 11.6 Å². The van der Waals surface area contributed by atoms with Crippen molar-refractivity contribution in [2.75, 3.05) is 0 Å². The van der Waals surface area contributed by atoms with Gasteiger partial charge in [-0.2, -0.15) is 0 Å². The second-order valence-electron chi connectivity index (χ2n) is 8.22. The molecule has 0 bridgehead atoms. The summed E-state index contributed by atoms with van der Waals surface area (Å²) < 4.78 is 2.64. The van der Waals surface area contributed by atoms with Gasteiger partial charge in [-0.25, -0.2) is 4.79 Å². The Morgan fingerprint density at radius 1 is 0.889 bits per heavy atom. The second-order valence-corrected chi connectivity index (χ2v) is 10.4. The van der Waals surface area contributed by atoms with Gasteiger partial charge in [0, 0.05) is 6.08 Å². The molecule has 0 aromatic rings. The number of hydrogen-bond donors (Lipinski definition) is 0. The Kier molecular flexibility index (Phi) is 18.9. The molecule has 156 valence electrons. The summed E-state index contributed by atoms with van der Waals surface area (Å²) in [6.07, 6.45) is 12.5. The number of allylic oxidation sites excluding steroid dienone is 1. The Balaban J connectivity index is 0. The summed E-state index contributed by atoms with van der Waals surface area (Å²) in [5.74, 6) is 1.78. The van der Waals surface area contributed by atoms with Gasteiger partial charge in [-0.05, 0) is 72.3 Å². The SMILES string of the molecule is C/C(=C\C(=O)OC(Cl)(Cl)Cl)CCC[C@H](C)CCC[C@H](C)CCCC(C)C.[NaH]. The molecule has 0 heterocycles. The molecule has 0 unspecified atom stereocenters. The van der Waals surface area contributed by atoms with Gasteiger partial charge in [0.2, 0.25) is 0 Å². The zero-order valence-corrected chi connectivity index (χ0v) is 19.4. The quantitative estimate of drug-likeness (QED) is 0.125. The third-order valence-electron chi connectivity index (χ3n) is 4.72. The molecule has 0 aliphatic rings. The summed E-state index contributed by atoms with van der Waals surface area (Å²) in [5.41, 5.74) is 0.954. The average Bonchev–Trinajstić information content (AvgIpc) is 2.44. The number of hydrogen-bond acceptors (Lipinski definition) is 2. The molecule has 0 fully saturated rings. The number of rotatable bonds is 13. The predicted octanol–water partition coefficient (Wildman–Crippen LogP) is 7.59. The van der Waals surface area contributed by atoms with E-state index in [-0.39, 0.29) is 29.6 Å². The molecule has 0 aromatic heterocycles. The molecule has 0 spiro atoms. The van der Waals surface area contributed by atoms with Crippen LogP contribution >= 0.6 is 34.8 Å². The first-order chi connectivity index (χ1) is 12.0. The topological polar surface area (TPSA) is 26.3 Å². The van der Waals surface area contributed by atoms with Crippen LogP contribution in [0.5, 0.6) is 0 Å². The fourth-order valence-corrected chi connectivity index (χ4v) is 3.35. The van der Waals surface area contributed by atoms with Gasteiger partial charge in [0.15, 0.2) is 0 Å². The number of ether oxygens (including phenoxy) is 1.